The Hall–Kier alpha value is -5.86. The van der Waals surface area contributed by atoms with Gasteiger partial charge in [-0.05, 0) is 85.4 Å². The largest absolute Gasteiger partial charge is 0.456 e. The average molecular weight is 558 g/mol. The van der Waals surface area contributed by atoms with Crippen LogP contribution in [0.4, 0.5) is 0 Å². The molecule has 0 saturated heterocycles. The highest BCUT2D eigenvalue weighted by Gasteiger charge is 2.29. The van der Waals surface area contributed by atoms with Crippen molar-refractivity contribution in [3.05, 3.63) is 140 Å². The maximum atomic E-state index is 6.21. The summed E-state index contributed by atoms with van der Waals surface area (Å²) in [6.45, 7) is 0. The molecule has 0 atom stereocenters. The highest BCUT2D eigenvalue weighted by molar-refractivity contribution is 6.39. The smallest absolute Gasteiger partial charge is 0.135 e. The monoisotopic (exact) mass is 557 g/mol. The number of furan rings is 1. The van der Waals surface area contributed by atoms with E-state index in [0.717, 1.165) is 27.6 Å². The van der Waals surface area contributed by atoms with Crippen molar-refractivity contribution in [2.24, 2.45) is 0 Å². The van der Waals surface area contributed by atoms with E-state index in [-0.39, 0.29) is 0 Å². The highest BCUT2D eigenvalue weighted by atomic mass is 16.3. The standard InChI is InChI=1S/C42H23NO/c1-2-9-24(10-3-1)37-31-15-8-11-25-17-20-33-41(38(25)31)42-34(21-19-30-27-12-4-5-14-29(27)39(37)40(30)42)43(33)26-18-22-36-32(23-26)28-13-6-7-16-35(28)44-36/h1-23H. The molecular formula is C42H23NO. The Bertz CT molecular complexity index is 2870. The van der Waals surface area contributed by atoms with Gasteiger partial charge in [0.1, 0.15) is 11.2 Å². The number of hydrogen-bond acceptors (Lipinski definition) is 1. The lowest BCUT2D eigenvalue weighted by atomic mass is 9.92. The molecule has 0 saturated carbocycles. The molecule has 0 spiro atoms. The van der Waals surface area contributed by atoms with Crippen molar-refractivity contribution in [1.82, 2.24) is 4.57 Å². The third-order valence-corrected chi connectivity index (χ3v) is 9.88. The lowest BCUT2D eigenvalue weighted by Gasteiger charge is -2.13. The van der Waals surface area contributed by atoms with E-state index in [0.29, 0.717) is 0 Å². The summed E-state index contributed by atoms with van der Waals surface area (Å²) in [6.07, 6.45) is 0. The molecule has 0 amide bonds. The van der Waals surface area contributed by atoms with E-state index in [1.165, 1.54) is 76.4 Å². The van der Waals surface area contributed by atoms with E-state index in [1.54, 1.807) is 0 Å². The molecule has 202 valence electrons. The fourth-order valence-electron chi connectivity index (χ4n) is 8.16. The van der Waals surface area contributed by atoms with Crippen molar-refractivity contribution >= 4 is 76.1 Å². The van der Waals surface area contributed by atoms with Crippen LogP contribution in [0.25, 0.3) is 104 Å². The number of aromatic nitrogens is 1. The van der Waals surface area contributed by atoms with Crippen molar-refractivity contribution in [3.8, 4) is 27.9 Å². The summed E-state index contributed by atoms with van der Waals surface area (Å²) in [5.74, 6) is 0. The van der Waals surface area contributed by atoms with E-state index in [4.69, 9.17) is 4.42 Å². The van der Waals surface area contributed by atoms with E-state index in [1.807, 2.05) is 12.1 Å². The first kappa shape index (κ1) is 22.7. The van der Waals surface area contributed by atoms with Crippen molar-refractivity contribution in [3.63, 3.8) is 0 Å². The minimum absolute atomic E-state index is 0.915. The van der Waals surface area contributed by atoms with Crippen molar-refractivity contribution in [2.45, 2.75) is 0 Å². The van der Waals surface area contributed by atoms with Crippen LogP contribution < -0.4 is 0 Å². The van der Waals surface area contributed by atoms with E-state index in [9.17, 15) is 0 Å². The second-order valence-electron chi connectivity index (χ2n) is 12.0. The van der Waals surface area contributed by atoms with Crippen molar-refractivity contribution in [2.75, 3.05) is 0 Å². The van der Waals surface area contributed by atoms with E-state index in [2.05, 4.69) is 132 Å². The molecule has 0 unspecified atom stereocenters. The Labute approximate surface area is 252 Å². The molecular weight excluding hydrogens is 534 g/mol. The molecule has 2 heteroatoms. The zero-order valence-corrected chi connectivity index (χ0v) is 23.6. The molecule has 11 rings (SSSR count). The van der Waals surface area contributed by atoms with Crippen LogP contribution in [0.1, 0.15) is 0 Å². The molecule has 0 aliphatic heterocycles. The molecule has 0 radical (unpaired) electrons. The minimum atomic E-state index is 0.915. The lowest BCUT2D eigenvalue weighted by molar-refractivity contribution is 0.669. The van der Waals surface area contributed by atoms with Crippen LogP contribution >= 0.6 is 0 Å². The molecule has 7 aromatic carbocycles. The maximum Gasteiger partial charge on any atom is 0.135 e. The van der Waals surface area contributed by atoms with Gasteiger partial charge in [-0.1, -0.05) is 103 Å². The van der Waals surface area contributed by atoms with Gasteiger partial charge in [0, 0.05) is 32.8 Å². The van der Waals surface area contributed by atoms with Gasteiger partial charge >= 0.3 is 0 Å². The quantitative estimate of drug-likeness (QED) is 0.207. The second kappa shape index (κ2) is 7.94. The summed E-state index contributed by atoms with van der Waals surface area (Å²) in [6, 6.07) is 51.0. The van der Waals surface area contributed by atoms with Crippen LogP contribution in [0, 0.1) is 0 Å². The van der Waals surface area contributed by atoms with Gasteiger partial charge in [0.15, 0.2) is 0 Å². The van der Waals surface area contributed by atoms with Crippen LogP contribution in [-0.2, 0) is 0 Å². The van der Waals surface area contributed by atoms with Gasteiger partial charge in [-0.15, -0.1) is 0 Å². The Morgan fingerprint density at radius 1 is 0.386 bits per heavy atom. The van der Waals surface area contributed by atoms with Gasteiger partial charge in [-0.3, -0.25) is 0 Å². The number of rotatable bonds is 2. The van der Waals surface area contributed by atoms with Crippen LogP contribution in [0.3, 0.4) is 0 Å². The first-order valence-corrected chi connectivity index (χ1v) is 15.2. The van der Waals surface area contributed by atoms with E-state index < -0.39 is 0 Å². The molecule has 0 N–H and O–H groups in total. The summed E-state index contributed by atoms with van der Waals surface area (Å²) in [7, 11) is 0. The Balaban J connectivity index is 1.40. The molecule has 44 heavy (non-hydrogen) atoms. The molecule has 2 aliphatic rings. The highest BCUT2D eigenvalue weighted by Crippen LogP contribution is 2.55. The summed E-state index contributed by atoms with van der Waals surface area (Å²) in [4.78, 5) is 0. The molecule has 2 heterocycles. The SMILES string of the molecule is c1ccc(-c2c3c4ccccc4c4ccc5c(c4-3)c3c4c(cccc24)ccc3n5-c2ccc3oc4ccccc4c3c2)cc1. The summed E-state index contributed by atoms with van der Waals surface area (Å²) in [5, 5.41) is 12.8. The second-order valence-corrected chi connectivity index (χ2v) is 12.0. The summed E-state index contributed by atoms with van der Waals surface area (Å²) >= 11 is 0. The molecule has 2 aliphatic carbocycles. The first-order valence-electron chi connectivity index (χ1n) is 15.2. The van der Waals surface area contributed by atoms with Gasteiger partial charge < -0.3 is 8.98 Å². The van der Waals surface area contributed by atoms with Crippen LogP contribution in [0.2, 0.25) is 0 Å². The third-order valence-electron chi connectivity index (χ3n) is 9.88. The average Bonchev–Trinajstić information content (AvgIpc) is 3.70. The summed E-state index contributed by atoms with van der Waals surface area (Å²) in [5.41, 5.74) is 10.7. The predicted molar refractivity (Wildman–Crippen MR) is 185 cm³/mol. The number of fused-ring (bicyclic) bond motifs is 6. The van der Waals surface area contributed by atoms with Crippen LogP contribution in [-0.4, -0.2) is 4.57 Å². The van der Waals surface area contributed by atoms with Crippen molar-refractivity contribution < 1.29 is 4.42 Å². The van der Waals surface area contributed by atoms with Gasteiger partial charge in [0.05, 0.1) is 11.0 Å². The van der Waals surface area contributed by atoms with E-state index >= 15 is 0 Å². The van der Waals surface area contributed by atoms with Gasteiger partial charge in [0.25, 0.3) is 0 Å². The summed E-state index contributed by atoms with van der Waals surface area (Å²) < 4.78 is 8.68. The first-order chi connectivity index (χ1) is 21.8. The molecule has 9 aromatic rings. The Morgan fingerprint density at radius 2 is 1.09 bits per heavy atom. The number of benzene rings is 7. The fourth-order valence-corrected chi connectivity index (χ4v) is 8.16. The molecule has 2 nitrogen and oxygen atoms in total. The van der Waals surface area contributed by atoms with Crippen LogP contribution in [0.5, 0.6) is 0 Å². The molecule has 0 bridgehead atoms. The minimum Gasteiger partial charge on any atom is -0.456 e. The number of nitrogens with zero attached hydrogens (tertiary/aromatic N) is 1. The Morgan fingerprint density at radius 3 is 2.00 bits per heavy atom. The zero-order chi connectivity index (χ0) is 28.5. The molecule has 0 fully saturated rings. The fraction of sp³-hybridized carbons (Fsp3) is 0. The van der Waals surface area contributed by atoms with Gasteiger partial charge in [-0.2, -0.15) is 0 Å². The number of hydrogen-bond donors (Lipinski definition) is 0. The van der Waals surface area contributed by atoms with Crippen LogP contribution in [0.15, 0.2) is 144 Å². The van der Waals surface area contributed by atoms with Gasteiger partial charge in [-0.25, -0.2) is 0 Å². The third kappa shape index (κ3) is 2.68. The number of para-hydroxylation sites is 1. The Kier molecular flexibility index (Phi) is 4.10. The topological polar surface area (TPSA) is 18.1 Å². The van der Waals surface area contributed by atoms with Crippen molar-refractivity contribution in [1.29, 1.82) is 0 Å². The normalized spacial score (nSPS) is 12.5. The van der Waals surface area contributed by atoms with Gasteiger partial charge in [0.2, 0.25) is 0 Å². The zero-order valence-electron chi connectivity index (χ0n) is 23.6. The maximum absolute atomic E-state index is 6.21. The molecule has 2 aromatic heterocycles. The predicted octanol–water partition coefficient (Wildman–Crippen LogP) is 11.8. The lowest BCUT2D eigenvalue weighted by Crippen LogP contribution is -1.94.